The number of hydrogen-bond acceptors (Lipinski definition) is 10. The van der Waals surface area contributed by atoms with Crippen LogP contribution in [0.3, 0.4) is 0 Å². The van der Waals surface area contributed by atoms with Gasteiger partial charge < -0.3 is 19.0 Å². The molecule has 0 saturated heterocycles. The summed E-state index contributed by atoms with van der Waals surface area (Å²) >= 11 is 0. The number of carboxylic acid groups (broad SMARTS) is 1. The Morgan fingerprint density at radius 1 is 0.941 bits per heavy atom. The van der Waals surface area contributed by atoms with Gasteiger partial charge in [0.1, 0.15) is 0 Å². The van der Waals surface area contributed by atoms with Crippen LogP contribution in [0.15, 0.2) is 0 Å². The smallest absolute Gasteiger partial charge is 0.724 e. The van der Waals surface area contributed by atoms with Gasteiger partial charge in [-0.25, -0.2) is 16.8 Å². The molecule has 0 fully saturated rings. The van der Waals surface area contributed by atoms with Crippen LogP contribution in [-0.4, -0.2) is 31.9 Å². The Bertz CT molecular complexity index is 337. The summed E-state index contributed by atoms with van der Waals surface area (Å²) in [6.45, 7) is 0.972. The maximum Gasteiger partial charge on any atom is 1.00 e. The van der Waals surface area contributed by atoms with Gasteiger partial charge in [0.05, 0.1) is 0 Å². The molecule has 0 aliphatic heterocycles. The van der Waals surface area contributed by atoms with Crippen molar-refractivity contribution in [3.8, 4) is 0 Å². The number of aliphatic carboxylic acids is 1. The van der Waals surface area contributed by atoms with E-state index in [1.165, 1.54) is 0 Å². The Hall–Kier alpha value is 2.85. The molecule has 0 aromatic heterocycles. The molecular formula is C2H3KNa2O10S2. The third-order valence-electron chi connectivity index (χ3n) is 0.194. The summed E-state index contributed by atoms with van der Waals surface area (Å²) in [5, 5.41) is 8.89. The zero-order chi connectivity index (χ0) is 12.0. The first-order valence-electron chi connectivity index (χ1n) is 2.41. The topological polar surface area (TPSA) is 173 Å². The molecule has 0 heterocycles. The van der Waals surface area contributed by atoms with E-state index in [1.807, 2.05) is 0 Å². The van der Waals surface area contributed by atoms with Gasteiger partial charge in [0.15, 0.2) is 0 Å². The van der Waals surface area contributed by atoms with Crippen LogP contribution in [0, 0.1) is 0 Å². The van der Waals surface area contributed by atoms with Crippen molar-refractivity contribution >= 4 is 26.8 Å². The van der Waals surface area contributed by atoms with E-state index in [1.54, 1.807) is 0 Å². The molecule has 0 bridgehead atoms. The zero-order valence-electron chi connectivity index (χ0n) is 9.40. The van der Waals surface area contributed by atoms with Crippen molar-refractivity contribution in [3.63, 3.8) is 0 Å². The van der Waals surface area contributed by atoms with Gasteiger partial charge in [0, 0.05) is 5.97 Å². The van der Waals surface area contributed by atoms with Crippen LogP contribution >= 0.6 is 0 Å². The summed E-state index contributed by atoms with van der Waals surface area (Å²) in [5.41, 5.74) is 0. The fourth-order valence-corrected chi connectivity index (χ4v) is 0.612. The number of carbonyl (C=O) groups is 1. The van der Waals surface area contributed by atoms with E-state index in [-0.39, 0.29) is 110 Å². The standard InChI is InChI=1S/C2H4O2.K.2Na.H2O8S2/c1-2(3)4;;;;1-9(2,3)7-8-10(4,5)6/h1H3,(H,3,4);;;;(H,1,2,3)(H,4,5,6)/q;3*+1;/p-3. The van der Waals surface area contributed by atoms with Crippen LogP contribution in [0.1, 0.15) is 6.92 Å². The fraction of sp³-hybridized carbons (Fsp3) is 0.500. The zero-order valence-corrected chi connectivity index (χ0v) is 18.2. The number of hydrogen-bond donors (Lipinski definition) is 0. The summed E-state index contributed by atoms with van der Waals surface area (Å²) in [7, 11) is -10.6. The molecule has 86 valence electrons. The first kappa shape index (κ1) is 32.0. The summed E-state index contributed by atoms with van der Waals surface area (Å²) in [6.07, 6.45) is 0. The second-order valence-electron chi connectivity index (χ2n) is 1.44. The molecule has 17 heavy (non-hydrogen) atoms. The molecule has 0 atom stereocenters. The Morgan fingerprint density at radius 2 is 1.06 bits per heavy atom. The first-order chi connectivity index (χ1) is 5.94. The molecule has 0 rings (SSSR count). The van der Waals surface area contributed by atoms with Gasteiger partial charge in [-0.15, -0.1) is 8.67 Å². The normalized spacial score (nSPS) is 9.35. The Kier molecular flexibility index (Phi) is 28.7. The van der Waals surface area contributed by atoms with Crippen LogP contribution in [0.25, 0.3) is 0 Å². The number of carbonyl (C=O) groups excluding carboxylic acids is 1. The van der Waals surface area contributed by atoms with Crippen molar-refractivity contribution in [2.75, 3.05) is 0 Å². The molecule has 0 radical (unpaired) electrons. The van der Waals surface area contributed by atoms with E-state index in [0.717, 1.165) is 6.92 Å². The van der Waals surface area contributed by atoms with E-state index < -0.39 is 26.8 Å². The minimum Gasteiger partial charge on any atom is -0.724 e. The molecule has 0 N–H and O–H groups in total. The van der Waals surface area contributed by atoms with Crippen molar-refractivity contribution < 1.29 is 155 Å². The van der Waals surface area contributed by atoms with E-state index >= 15 is 0 Å². The third kappa shape index (κ3) is 55.2. The molecule has 10 nitrogen and oxygen atoms in total. The van der Waals surface area contributed by atoms with Crippen LogP contribution < -0.4 is 116 Å². The van der Waals surface area contributed by atoms with E-state index in [9.17, 15) is 25.9 Å². The van der Waals surface area contributed by atoms with Gasteiger partial charge in [-0.05, 0) is 6.92 Å². The van der Waals surface area contributed by atoms with Crippen LogP contribution in [0.4, 0.5) is 0 Å². The molecule has 0 aromatic rings. The minimum atomic E-state index is -5.31. The van der Waals surface area contributed by atoms with Crippen molar-refractivity contribution in [1.82, 2.24) is 0 Å². The fourth-order valence-electron chi connectivity index (χ4n) is 0.0680. The van der Waals surface area contributed by atoms with Crippen LogP contribution in [-0.2, 0) is 34.3 Å². The minimum absolute atomic E-state index is 0. The van der Waals surface area contributed by atoms with Crippen LogP contribution in [0.5, 0.6) is 0 Å². The molecule has 0 amide bonds. The SMILES string of the molecule is CC(=O)[O-].O=S(=O)([O-])OOS(=O)(=O)[O-].[K+].[Na+].[Na+]. The van der Waals surface area contributed by atoms with Crippen molar-refractivity contribution in [2.24, 2.45) is 0 Å². The molecule has 0 aromatic carbocycles. The summed E-state index contributed by atoms with van der Waals surface area (Å²) < 4.78 is 61.5. The average Bonchev–Trinajstić information content (AvgIpc) is 1.79. The van der Waals surface area contributed by atoms with Crippen molar-refractivity contribution in [2.45, 2.75) is 6.92 Å². The summed E-state index contributed by atoms with van der Waals surface area (Å²) in [6, 6.07) is 0. The molecule has 0 aliphatic rings. The second-order valence-corrected chi connectivity index (χ2v) is 3.35. The molecule has 0 saturated carbocycles. The van der Waals surface area contributed by atoms with Gasteiger partial charge in [0.25, 0.3) is 0 Å². The van der Waals surface area contributed by atoms with Gasteiger partial charge in [-0.1, -0.05) is 0 Å². The van der Waals surface area contributed by atoms with Gasteiger partial charge >= 0.3 is 110 Å². The average molecular weight is 336 g/mol. The maximum atomic E-state index is 9.37. The number of rotatable bonds is 3. The second kappa shape index (κ2) is 15.2. The first-order valence-corrected chi connectivity index (χ1v) is 5.07. The van der Waals surface area contributed by atoms with Gasteiger partial charge in [-0.2, -0.15) is 0 Å². The van der Waals surface area contributed by atoms with E-state index in [2.05, 4.69) is 8.67 Å². The molecule has 0 aliphatic carbocycles. The van der Waals surface area contributed by atoms with Gasteiger partial charge in [-0.3, -0.25) is 0 Å². The summed E-state index contributed by atoms with van der Waals surface area (Å²) in [5.74, 6) is -1.08. The Balaban J connectivity index is -0.0000000607. The van der Waals surface area contributed by atoms with E-state index in [0.29, 0.717) is 0 Å². The summed E-state index contributed by atoms with van der Waals surface area (Å²) in [4.78, 5) is 8.89. The molecule has 0 spiro atoms. The number of carboxylic acids is 1. The third-order valence-corrected chi connectivity index (χ3v) is 0.750. The quantitative estimate of drug-likeness (QED) is 0.158. The van der Waals surface area contributed by atoms with Gasteiger partial charge in [0.2, 0.25) is 20.8 Å². The van der Waals surface area contributed by atoms with E-state index in [4.69, 9.17) is 9.90 Å². The predicted octanol–water partition coefficient (Wildman–Crippen LogP) is -12.4. The molecular weight excluding hydrogens is 333 g/mol. The van der Waals surface area contributed by atoms with Crippen molar-refractivity contribution in [3.05, 3.63) is 0 Å². The maximum absolute atomic E-state index is 9.37. The van der Waals surface area contributed by atoms with Crippen molar-refractivity contribution in [1.29, 1.82) is 0 Å². The monoisotopic (exact) mass is 336 g/mol. The molecule has 0 unspecified atom stereocenters. The molecule has 15 heteroatoms. The van der Waals surface area contributed by atoms with Crippen LogP contribution in [0.2, 0.25) is 0 Å². The Labute approximate surface area is 185 Å². The Morgan fingerprint density at radius 3 is 1.12 bits per heavy atom. The largest absolute Gasteiger partial charge is 1.00 e. The predicted molar refractivity (Wildman–Crippen MR) is 32.2 cm³/mol.